The average molecular weight is 552 g/mol. The summed E-state index contributed by atoms with van der Waals surface area (Å²) in [5, 5.41) is 2.89. The van der Waals surface area contributed by atoms with Gasteiger partial charge in [-0.25, -0.2) is 8.42 Å². The van der Waals surface area contributed by atoms with Crippen LogP contribution in [0.15, 0.2) is 89.8 Å². The highest BCUT2D eigenvalue weighted by atomic mass is 32.2. The first-order valence-corrected chi connectivity index (χ1v) is 14.6. The van der Waals surface area contributed by atoms with E-state index in [1.807, 2.05) is 44.2 Å². The lowest BCUT2D eigenvalue weighted by molar-refractivity contribution is -0.139. The third-order valence-corrected chi connectivity index (χ3v) is 8.18. The van der Waals surface area contributed by atoms with Gasteiger partial charge >= 0.3 is 0 Å². The Labute approximate surface area is 231 Å². The Morgan fingerprint density at radius 1 is 0.897 bits per heavy atom. The molecule has 208 valence electrons. The van der Waals surface area contributed by atoms with Crippen LogP contribution in [0.4, 0.5) is 5.69 Å². The maximum atomic E-state index is 13.9. The van der Waals surface area contributed by atoms with E-state index in [4.69, 9.17) is 4.74 Å². The van der Waals surface area contributed by atoms with Crippen LogP contribution in [0.2, 0.25) is 0 Å². The predicted octanol–water partition coefficient (Wildman–Crippen LogP) is 4.27. The number of benzene rings is 3. The number of anilines is 1. The normalized spacial score (nSPS) is 11.9. The summed E-state index contributed by atoms with van der Waals surface area (Å²) in [7, 11) is -2.57. The third-order valence-electron chi connectivity index (χ3n) is 6.39. The van der Waals surface area contributed by atoms with Crippen LogP contribution in [0, 0.1) is 0 Å². The molecule has 3 rings (SSSR count). The van der Waals surface area contributed by atoms with Crippen LogP contribution < -0.4 is 14.4 Å². The molecule has 0 fully saturated rings. The van der Waals surface area contributed by atoms with Crippen molar-refractivity contribution in [1.29, 1.82) is 0 Å². The lowest BCUT2D eigenvalue weighted by Gasteiger charge is -2.33. The molecule has 1 atom stereocenters. The molecule has 8 nitrogen and oxygen atoms in total. The molecule has 0 aliphatic carbocycles. The summed E-state index contributed by atoms with van der Waals surface area (Å²) in [6, 6.07) is 23.5. The van der Waals surface area contributed by atoms with Crippen LogP contribution in [0.25, 0.3) is 0 Å². The fourth-order valence-electron chi connectivity index (χ4n) is 4.26. The van der Waals surface area contributed by atoms with Crippen molar-refractivity contribution in [3.05, 3.63) is 90.5 Å². The Kier molecular flexibility index (Phi) is 10.9. The van der Waals surface area contributed by atoms with E-state index < -0.39 is 28.5 Å². The van der Waals surface area contributed by atoms with Gasteiger partial charge in [-0.3, -0.25) is 13.9 Å². The fourth-order valence-corrected chi connectivity index (χ4v) is 5.69. The van der Waals surface area contributed by atoms with Crippen LogP contribution in [0.1, 0.15) is 32.3 Å². The zero-order valence-electron chi connectivity index (χ0n) is 22.7. The second kappa shape index (κ2) is 14.3. The molecule has 0 saturated carbocycles. The number of nitrogens with zero attached hydrogens (tertiary/aromatic N) is 2. The van der Waals surface area contributed by atoms with E-state index in [9.17, 15) is 18.0 Å². The molecule has 0 aliphatic rings. The molecule has 0 spiro atoms. The molecule has 0 saturated heterocycles. The van der Waals surface area contributed by atoms with Crippen molar-refractivity contribution in [3.8, 4) is 5.75 Å². The SMILES string of the molecule is CCCNC(=O)C(CC)N(CCc1ccccc1)C(=O)CN(c1ccc(OC)cc1)S(=O)(=O)c1ccccc1. The molecule has 0 radical (unpaired) electrons. The number of nitrogens with one attached hydrogen (secondary N) is 1. The molecule has 3 aromatic rings. The van der Waals surface area contributed by atoms with E-state index in [1.54, 1.807) is 42.5 Å². The fraction of sp³-hybridized carbons (Fsp3) is 0.333. The van der Waals surface area contributed by atoms with E-state index >= 15 is 0 Å². The number of hydrogen-bond acceptors (Lipinski definition) is 5. The van der Waals surface area contributed by atoms with Crippen LogP contribution in [-0.4, -0.2) is 57.9 Å². The number of methoxy groups -OCH3 is 1. The summed E-state index contributed by atoms with van der Waals surface area (Å²) < 4.78 is 33.9. The maximum absolute atomic E-state index is 13.9. The van der Waals surface area contributed by atoms with Gasteiger partial charge in [-0.2, -0.15) is 0 Å². The van der Waals surface area contributed by atoms with Crippen molar-refractivity contribution in [2.45, 2.75) is 44.0 Å². The maximum Gasteiger partial charge on any atom is 0.264 e. The van der Waals surface area contributed by atoms with E-state index in [-0.39, 0.29) is 17.3 Å². The minimum Gasteiger partial charge on any atom is -0.497 e. The molecule has 1 unspecified atom stereocenters. The standard InChI is InChI=1S/C30H37N3O5S/c1-4-21-31-30(35)28(5-2)32(22-20-24-12-8-6-9-13-24)29(34)23-33(25-16-18-26(38-3)19-17-25)39(36,37)27-14-10-7-11-15-27/h6-19,28H,4-5,20-23H2,1-3H3,(H,31,35). The van der Waals surface area contributed by atoms with Crippen molar-refractivity contribution in [1.82, 2.24) is 10.2 Å². The zero-order valence-corrected chi connectivity index (χ0v) is 23.6. The Bertz CT molecular complexity index is 1300. The molecule has 1 N–H and O–H groups in total. The molecule has 39 heavy (non-hydrogen) atoms. The smallest absolute Gasteiger partial charge is 0.264 e. The summed E-state index contributed by atoms with van der Waals surface area (Å²) >= 11 is 0. The van der Waals surface area contributed by atoms with Gasteiger partial charge in [0.25, 0.3) is 10.0 Å². The number of ether oxygens (including phenoxy) is 1. The molecule has 2 amide bonds. The Morgan fingerprint density at radius 3 is 2.08 bits per heavy atom. The first kappa shape index (κ1) is 29.7. The molecule has 0 aromatic heterocycles. The first-order valence-electron chi connectivity index (χ1n) is 13.1. The molecular formula is C30H37N3O5S. The monoisotopic (exact) mass is 551 g/mol. The van der Waals surface area contributed by atoms with Gasteiger partial charge in [0.05, 0.1) is 17.7 Å². The molecule has 3 aromatic carbocycles. The van der Waals surface area contributed by atoms with E-state index in [1.165, 1.54) is 24.1 Å². The summed E-state index contributed by atoms with van der Waals surface area (Å²) in [5.41, 5.74) is 1.34. The van der Waals surface area contributed by atoms with Crippen LogP contribution >= 0.6 is 0 Å². The minimum atomic E-state index is -4.09. The molecule has 0 bridgehead atoms. The quantitative estimate of drug-likeness (QED) is 0.323. The Morgan fingerprint density at radius 2 is 1.51 bits per heavy atom. The highest BCUT2D eigenvalue weighted by molar-refractivity contribution is 7.92. The first-order chi connectivity index (χ1) is 18.8. The summed E-state index contributed by atoms with van der Waals surface area (Å²) in [4.78, 5) is 28.6. The lowest BCUT2D eigenvalue weighted by atomic mass is 10.1. The minimum absolute atomic E-state index is 0.0668. The van der Waals surface area contributed by atoms with Gasteiger partial charge in [0.1, 0.15) is 18.3 Å². The summed E-state index contributed by atoms with van der Waals surface area (Å²) in [5.74, 6) is -0.146. The number of carbonyl (C=O) groups excluding carboxylic acids is 2. The van der Waals surface area contributed by atoms with Crippen molar-refractivity contribution in [2.24, 2.45) is 0 Å². The highest BCUT2D eigenvalue weighted by Crippen LogP contribution is 2.26. The molecule has 0 aliphatic heterocycles. The van der Waals surface area contributed by atoms with Crippen LogP contribution in [-0.2, 0) is 26.0 Å². The number of sulfonamides is 1. The zero-order chi connectivity index (χ0) is 28.3. The second-order valence-corrected chi connectivity index (χ2v) is 10.9. The Hall–Kier alpha value is -3.85. The second-order valence-electron chi connectivity index (χ2n) is 9.06. The van der Waals surface area contributed by atoms with Gasteiger partial charge in [0.2, 0.25) is 11.8 Å². The summed E-state index contributed by atoms with van der Waals surface area (Å²) in [6.07, 6.45) is 1.68. The topological polar surface area (TPSA) is 96.0 Å². The van der Waals surface area contributed by atoms with Gasteiger partial charge in [-0.05, 0) is 61.2 Å². The largest absolute Gasteiger partial charge is 0.497 e. The number of carbonyl (C=O) groups is 2. The van der Waals surface area contributed by atoms with Crippen LogP contribution in [0.3, 0.4) is 0 Å². The molecule has 0 heterocycles. The third kappa shape index (κ3) is 7.83. The number of rotatable bonds is 14. The van der Waals surface area contributed by atoms with Gasteiger partial charge in [0, 0.05) is 13.1 Å². The van der Waals surface area contributed by atoms with Crippen LogP contribution in [0.5, 0.6) is 5.75 Å². The highest BCUT2D eigenvalue weighted by Gasteiger charge is 2.33. The van der Waals surface area contributed by atoms with Gasteiger partial charge < -0.3 is 15.0 Å². The Balaban J connectivity index is 1.98. The molecule has 9 heteroatoms. The van der Waals surface area contributed by atoms with E-state index in [0.717, 1.165) is 16.3 Å². The lowest BCUT2D eigenvalue weighted by Crippen LogP contribution is -2.53. The predicted molar refractivity (Wildman–Crippen MR) is 153 cm³/mol. The molecular weight excluding hydrogens is 514 g/mol. The van der Waals surface area contributed by atoms with Crippen molar-refractivity contribution in [3.63, 3.8) is 0 Å². The van der Waals surface area contributed by atoms with Crippen molar-refractivity contribution < 1.29 is 22.7 Å². The average Bonchev–Trinajstić information content (AvgIpc) is 2.97. The van der Waals surface area contributed by atoms with Crippen molar-refractivity contribution >= 4 is 27.5 Å². The van der Waals surface area contributed by atoms with Gasteiger partial charge in [-0.1, -0.05) is 62.4 Å². The van der Waals surface area contributed by atoms with Gasteiger partial charge in [-0.15, -0.1) is 0 Å². The van der Waals surface area contributed by atoms with Gasteiger partial charge in [0.15, 0.2) is 0 Å². The van der Waals surface area contributed by atoms with Crippen molar-refractivity contribution in [2.75, 3.05) is 31.0 Å². The number of hydrogen-bond donors (Lipinski definition) is 1. The number of amides is 2. The van der Waals surface area contributed by atoms with E-state index in [0.29, 0.717) is 30.8 Å². The summed E-state index contributed by atoms with van der Waals surface area (Å²) in [6.45, 7) is 4.11. The van der Waals surface area contributed by atoms with E-state index in [2.05, 4.69) is 5.32 Å².